The molecule has 7 heteroatoms. The zero-order valence-electron chi connectivity index (χ0n) is 19.2. The summed E-state index contributed by atoms with van der Waals surface area (Å²) in [6.45, 7) is 3.72. The molecule has 1 fully saturated rings. The van der Waals surface area contributed by atoms with Crippen molar-refractivity contribution in [3.63, 3.8) is 0 Å². The van der Waals surface area contributed by atoms with Gasteiger partial charge in [0, 0.05) is 18.8 Å². The fourth-order valence-electron chi connectivity index (χ4n) is 4.62. The summed E-state index contributed by atoms with van der Waals surface area (Å²) in [5, 5.41) is 2.87. The Hall–Kier alpha value is -3.09. The van der Waals surface area contributed by atoms with E-state index >= 15 is 0 Å². The maximum absolute atomic E-state index is 14.2. The number of hydrogen-bond acceptors (Lipinski definition) is 3. The van der Waals surface area contributed by atoms with Gasteiger partial charge in [0.05, 0.1) is 12.6 Å². The van der Waals surface area contributed by atoms with E-state index in [1.165, 1.54) is 36.6 Å². The van der Waals surface area contributed by atoms with Crippen molar-refractivity contribution in [3.8, 4) is 5.75 Å². The zero-order valence-corrected chi connectivity index (χ0v) is 19.2. The summed E-state index contributed by atoms with van der Waals surface area (Å²) in [6.07, 6.45) is 6.44. The maximum atomic E-state index is 14.2. The van der Waals surface area contributed by atoms with Crippen LogP contribution in [0.5, 0.6) is 5.75 Å². The van der Waals surface area contributed by atoms with Gasteiger partial charge in [0.15, 0.2) is 0 Å². The van der Waals surface area contributed by atoms with Crippen molar-refractivity contribution >= 4 is 17.6 Å². The SMILES string of the molecule is CCCCCCCOc1ccc(NC(=O)N2CC(=O)N3CCc4c(F)cccc4[C@H]3C2)cc1. The molecule has 1 saturated heterocycles. The molecule has 0 aromatic heterocycles. The Morgan fingerprint density at radius 1 is 1.12 bits per heavy atom. The highest BCUT2D eigenvalue weighted by atomic mass is 19.1. The lowest BCUT2D eigenvalue weighted by atomic mass is 9.90. The summed E-state index contributed by atoms with van der Waals surface area (Å²) < 4.78 is 20.0. The molecule has 2 heterocycles. The number of ether oxygens (including phenoxy) is 1. The number of rotatable bonds is 8. The molecule has 33 heavy (non-hydrogen) atoms. The topological polar surface area (TPSA) is 61.9 Å². The Balaban J connectivity index is 1.33. The Morgan fingerprint density at radius 3 is 2.70 bits per heavy atom. The minimum absolute atomic E-state index is 0.0200. The van der Waals surface area contributed by atoms with Gasteiger partial charge >= 0.3 is 6.03 Å². The molecular weight excluding hydrogens is 421 g/mol. The molecule has 3 amide bonds. The summed E-state index contributed by atoms with van der Waals surface area (Å²) in [7, 11) is 0. The maximum Gasteiger partial charge on any atom is 0.322 e. The van der Waals surface area contributed by atoms with Crippen molar-refractivity contribution in [2.24, 2.45) is 0 Å². The first-order chi connectivity index (χ1) is 16.1. The number of amides is 3. The Bertz CT molecular complexity index is 979. The molecule has 6 nitrogen and oxygen atoms in total. The second kappa shape index (κ2) is 10.7. The molecule has 1 atom stereocenters. The number of anilines is 1. The number of piperazine rings is 1. The quantitative estimate of drug-likeness (QED) is 0.563. The van der Waals surface area contributed by atoms with Gasteiger partial charge in [0.25, 0.3) is 0 Å². The van der Waals surface area contributed by atoms with Gasteiger partial charge in [-0.15, -0.1) is 0 Å². The van der Waals surface area contributed by atoms with Crippen molar-refractivity contribution in [3.05, 3.63) is 59.4 Å². The molecule has 0 spiro atoms. The van der Waals surface area contributed by atoms with Crippen molar-refractivity contribution in [2.45, 2.75) is 51.5 Å². The van der Waals surface area contributed by atoms with Crippen LogP contribution < -0.4 is 10.1 Å². The molecule has 2 aromatic carbocycles. The van der Waals surface area contributed by atoms with Crippen LogP contribution in [0, 0.1) is 5.82 Å². The van der Waals surface area contributed by atoms with Gasteiger partial charge in [0.1, 0.15) is 18.1 Å². The second-order valence-corrected chi connectivity index (χ2v) is 8.76. The predicted octanol–water partition coefficient (Wildman–Crippen LogP) is 5.15. The number of carbonyl (C=O) groups is 2. The first kappa shape index (κ1) is 23.1. The van der Waals surface area contributed by atoms with E-state index in [9.17, 15) is 14.0 Å². The predicted molar refractivity (Wildman–Crippen MR) is 126 cm³/mol. The van der Waals surface area contributed by atoms with Gasteiger partial charge in [-0.2, -0.15) is 0 Å². The van der Waals surface area contributed by atoms with Gasteiger partial charge in [-0.3, -0.25) is 4.79 Å². The third-order valence-electron chi connectivity index (χ3n) is 6.44. The van der Waals surface area contributed by atoms with Crippen LogP contribution >= 0.6 is 0 Å². The van der Waals surface area contributed by atoms with Crippen LogP contribution in [0.25, 0.3) is 0 Å². The summed E-state index contributed by atoms with van der Waals surface area (Å²) in [5.74, 6) is 0.413. The van der Waals surface area contributed by atoms with E-state index in [1.54, 1.807) is 23.1 Å². The monoisotopic (exact) mass is 453 g/mol. The highest BCUT2D eigenvalue weighted by molar-refractivity contribution is 5.93. The number of nitrogens with zero attached hydrogens (tertiary/aromatic N) is 2. The van der Waals surface area contributed by atoms with E-state index < -0.39 is 0 Å². The second-order valence-electron chi connectivity index (χ2n) is 8.76. The van der Waals surface area contributed by atoms with Crippen LogP contribution in [0.3, 0.4) is 0 Å². The van der Waals surface area contributed by atoms with E-state index in [1.807, 2.05) is 18.2 Å². The number of fused-ring (bicyclic) bond motifs is 3. The number of halogens is 1. The molecule has 0 saturated carbocycles. The molecule has 2 aliphatic heterocycles. The summed E-state index contributed by atoms with van der Waals surface area (Å²) in [4.78, 5) is 28.9. The largest absolute Gasteiger partial charge is 0.494 e. The smallest absolute Gasteiger partial charge is 0.322 e. The minimum Gasteiger partial charge on any atom is -0.494 e. The summed E-state index contributed by atoms with van der Waals surface area (Å²) in [6, 6.07) is 11.6. The molecule has 2 aliphatic rings. The van der Waals surface area contributed by atoms with Crippen LogP contribution in [0.15, 0.2) is 42.5 Å². The van der Waals surface area contributed by atoms with Crippen molar-refractivity contribution in [2.75, 3.05) is 31.6 Å². The van der Waals surface area contributed by atoms with Crippen LogP contribution in [-0.4, -0.2) is 48.0 Å². The van der Waals surface area contributed by atoms with Crippen LogP contribution in [0.4, 0.5) is 14.9 Å². The van der Waals surface area contributed by atoms with Crippen LogP contribution in [0.1, 0.15) is 56.2 Å². The van der Waals surface area contributed by atoms with Crippen molar-refractivity contribution in [1.82, 2.24) is 9.80 Å². The van der Waals surface area contributed by atoms with Gasteiger partial charge in [-0.25, -0.2) is 9.18 Å². The van der Waals surface area contributed by atoms with Crippen LogP contribution in [0.2, 0.25) is 0 Å². The van der Waals surface area contributed by atoms with Crippen LogP contribution in [-0.2, 0) is 11.2 Å². The molecule has 1 N–H and O–H groups in total. The molecule has 0 radical (unpaired) electrons. The number of benzene rings is 2. The van der Waals surface area contributed by atoms with Gasteiger partial charge in [-0.1, -0.05) is 44.7 Å². The fraction of sp³-hybridized carbons (Fsp3) is 0.462. The average Bonchev–Trinajstić information content (AvgIpc) is 2.82. The number of hydrogen-bond donors (Lipinski definition) is 1. The van der Waals surface area contributed by atoms with Gasteiger partial charge in [0.2, 0.25) is 5.91 Å². The Morgan fingerprint density at radius 2 is 1.91 bits per heavy atom. The molecule has 0 unspecified atom stereocenters. The summed E-state index contributed by atoms with van der Waals surface area (Å²) >= 11 is 0. The summed E-state index contributed by atoms with van der Waals surface area (Å²) in [5.41, 5.74) is 2.08. The Labute approximate surface area is 194 Å². The van der Waals surface area contributed by atoms with E-state index in [-0.39, 0.29) is 30.3 Å². The first-order valence-electron chi connectivity index (χ1n) is 11.9. The van der Waals surface area contributed by atoms with E-state index in [4.69, 9.17) is 4.74 Å². The fourth-order valence-corrected chi connectivity index (χ4v) is 4.62. The number of nitrogens with one attached hydrogen (secondary N) is 1. The van der Waals surface area contributed by atoms with Gasteiger partial charge < -0.3 is 19.9 Å². The third kappa shape index (κ3) is 5.46. The third-order valence-corrected chi connectivity index (χ3v) is 6.44. The minimum atomic E-state index is -0.337. The first-order valence-corrected chi connectivity index (χ1v) is 11.9. The lowest BCUT2D eigenvalue weighted by Crippen LogP contribution is -2.56. The number of urea groups is 1. The standard InChI is InChI=1S/C26H32FN3O3/c1-2-3-4-5-6-16-33-20-12-10-19(11-13-20)28-26(32)29-17-24-22-8-7-9-23(27)21(22)14-15-30(24)25(31)18-29/h7-13,24H,2-6,14-18H2,1H3,(H,28,32)/t24-/m1/s1. The highest BCUT2D eigenvalue weighted by Crippen LogP contribution is 2.34. The van der Waals surface area contributed by atoms with E-state index in [0.29, 0.717) is 37.4 Å². The molecule has 2 aromatic rings. The Kier molecular flexibility index (Phi) is 7.47. The lowest BCUT2D eigenvalue weighted by molar-refractivity contribution is -0.139. The number of unbranched alkanes of at least 4 members (excludes halogenated alkanes) is 4. The van der Waals surface area contributed by atoms with Gasteiger partial charge in [-0.05, 0) is 54.3 Å². The molecule has 4 rings (SSSR count). The van der Waals surface area contributed by atoms with E-state index in [2.05, 4.69) is 12.2 Å². The molecule has 0 aliphatic carbocycles. The molecule has 176 valence electrons. The highest BCUT2D eigenvalue weighted by Gasteiger charge is 2.39. The normalized spacial score (nSPS) is 17.4. The van der Waals surface area contributed by atoms with Crippen molar-refractivity contribution in [1.29, 1.82) is 0 Å². The van der Waals surface area contributed by atoms with Crippen molar-refractivity contribution < 1.29 is 18.7 Å². The number of carbonyl (C=O) groups excluding carboxylic acids is 2. The van der Waals surface area contributed by atoms with E-state index in [0.717, 1.165) is 17.7 Å². The molecule has 0 bridgehead atoms. The molecular formula is C26H32FN3O3. The average molecular weight is 454 g/mol. The zero-order chi connectivity index (χ0) is 23.2. The lowest BCUT2D eigenvalue weighted by Gasteiger charge is -2.44.